The number of carbonyl (C=O) groups excluding carboxylic acids is 2. The highest BCUT2D eigenvalue weighted by Crippen LogP contribution is 2.22. The van der Waals surface area contributed by atoms with E-state index in [4.69, 9.17) is 9.15 Å². The third kappa shape index (κ3) is 4.12. The molecule has 1 aliphatic rings. The van der Waals surface area contributed by atoms with Crippen molar-refractivity contribution in [3.63, 3.8) is 0 Å². The molecule has 1 aliphatic heterocycles. The van der Waals surface area contributed by atoms with E-state index in [9.17, 15) is 14.4 Å². The van der Waals surface area contributed by atoms with E-state index in [-0.39, 0.29) is 19.1 Å². The average molecular weight is 357 g/mol. The van der Waals surface area contributed by atoms with Crippen LogP contribution in [0.1, 0.15) is 42.4 Å². The molecule has 1 fully saturated rings. The lowest BCUT2D eigenvalue weighted by atomic mass is 10.0. The van der Waals surface area contributed by atoms with Crippen LogP contribution in [-0.2, 0) is 20.9 Å². The van der Waals surface area contributed by atoms with Gasteiger partial charge in [0.15, 0.2) is 0 Å². The molecule has 0 saturated carbocycles. The first-order chi connectivity index (χ1) is 12.4. The number of benzene rings is 1. The zero-order valence-corrected chi connectivity index (χ0v) is 15.2. The van der Waals surface area contributed by atoms with Crippen LogP contribution in [0.2, 0.25) is 0 Å². The molecule has 1 amide bonds. The Bertz CT molecular complexity index is 899. The van der Waals surface area contributed by atoms with Crippen LogP contribution < -0.4 is 5.63 Å². The number of carbonyl (C=O) groups is 2. The van der Waals surface area contributed by atoms with Gasteiger partial charge in [-0.25, -0.2) is 4.79 Å². The van der Waals surface area contributed by atoms with Crippen molar-refractivity contribution in [2.24, 2.45) is 0 Å². The van der Waals surface area contributed by atoms with E-state index in [0.717, 1.165) is 35.8 Å². The summed E-state index contributed by atoms with van der Waals surface area (Å²) in [6.07, 6.45) is 3.26. The molecule has 2 heterocycles. The van der Waals surface area contributed by atoms with Crippen molar-refractivity contribution in [1.29, 1.82) is 0 Å². The Labute approximate surface area is 151 Å². The number of hydrogen-bond acceptors (Lipinski definition) is 5. The molecule has 6 heteroatoms. The Morgan fingerprint density at radius 3 is 2.69 bits per heavy atom. The molecule has 2 aromatic rings. The van der Waals surface area contributed by atoms with Crippen molar-refractivity contribution >= 4 is 22.8 Å². The Hall–Kier alpha value is -2.63. The maximum absolute atomic E-state index is 12.2. The van der Waals surface area contributed by atoms with E-state index < -0.39 is 11.6 Å². The van der Waals surface area contributed by atoms with E-state index in [1.54, 1.807) is 4.90 Å². The summed E-state index contributed by atoms with van der Waals surface area (Å²) in [6.45, 7) is 4.44. The zero-order chi connectivity index (χ0) is 18.7. The third-order valence-electron chi connectivity index (χ3n) is 4.82. The van der Waals surface area contributed by atoms with Crippen molar-refractivity contribution < 1.29 is 18.7 Å². The van der Waals surface area contributed by atoms with Gasteiger partial charge in [0.2, 0.25) is 5.91 Å². The number of ether oxygens (including phenoxy) is 1. The Kier molecular flexibility index (Phi) is 5.40. The molecule has 0 atom stereocenters. The highest BCUT2D eigenvalue weighted by atomic mass is 16.5. The van der Waals surface area contributed by atoms with E-state index in [1.807, 2.05) is 26.0 Å². The maximum Gasteiger partial charge on any atom is 0.336 e. The average Bonchev–Trinajstić information content (AvgIpc) is 2.79. The van der Waals surface area contributed by atoms with Gasteiger partial charge in [0.05, 0.1) is 0 Å². The highest BCUT2D eigenvalue weighted by molar-refractivity contribution is 5.83. The number of likely N-dealkylation sites (tertiary alicyclic amines) is 1. The second kappa shape index (κ2) is 7.72. The lowest BCUT2D eigenvalue weighted by Gasteiger charge is -2.19. The summed E-state index contributed by atoms with van der Waals surface area (Å²) >= 11 is 0. The van der Waals surface area contributed by atoms with Gasteiger partial charge in [0.1, 0.15) is 18.7 Å². The smallest absolute Gasteiger partial charge is 0.336 e. The summed E-state index contributed by atoms with van der Waals surface area (Å²) < 4.78 is 10.6. The number of esters is 1. The van der Waals surface area contributed by atoms with Crippen LogP contribution in [0.5, 0.6) is 0 Å². The van der Waals surface area contributed by atoms with E-state index in [0.29, 0.717) is 24.1 Å². The Morgan fingerprint density at radius 1 is 1.12 bits per heavy atom. The number of aryl methyl sites for hydroxylation is 2. The lowest BCUT2D eigenvalue weighted by Crippen LogP contribution is -2.35. The summed E-state index contributed by atoms with van der Waals surface area (Å²) in [5.74, 6) is -0.471. The second-order valence-corrected chi connectivity index (χ2v) is 6.81. The maximum atomic E-state index is 12.2. The molecular weight excluding hydrogens is 334 g/mol. The van der Waals surface area contributed by atoms with Gasteiger partial charge < -0.3 is 14.1 Å². The van der Waals surface area contributed by atoms with Gasteiger partial charge in [0.25, 0.3) is 0 Å². The molecule has 1 aromatic heterocycles. The largest absolute Gasteiger partial charge is 0.459 e. The van der Waals surface area contributed by atoms with Crippen LogP contribution in [0, 0.1) is 13.8 Å². The fraction of sp³-hybridized carbons (Fsp3) is 0.450. The lowest BCUT2D eigenvalue weighted by molar-refractivity contribution is -0.150. The molecule has 0 bridgehead atoms. The number of amides is 1. The van der Waals surface area contributed by atoms with Crippen molar-refractivity contribution in [3.8, 4) is 0 Å². The first kappa shape index (κ1) is 18.2. The quantitative estimate of drug-likeness (QED) is 0.621. The SMILES string of the molecule is Cc1cc2oc(=O)cc(COC(=O)CN3CCCCCC3=O)c2cc1C. The summed E-state index contributed by atoms with van der Waals surface area (Å²) in [5.41, 5.74) is 2.70. The second-order valence-electron chi connectivity index (χ2n) is 6.81. The van der Waals surface area contributed by atoms with Gasteiger partial charge in [0, 0.05) is 30.0 Å². The predicted octanol–water partition coefficient (Wildman–Crippen LogP) is 2.86. The Morgan fingerprint density at radius 2 is 1.88 bits per heavy atom. The van der Waals surface area contributed by atoms with Gasteiger partial charge in [-0.1, -0.05) is 6.42 Å². The molecule has 26 heavy (non-hydrogen) atoms. The summed E-state index contributed by atoms with van der Waals surface area (Å²) in [6, 6.07) is 5.09. The number of fused-ring (bicyclic) bond motifs is 1. The van der Waals surface area contributed by atoms with Crippen LogP contribution >= 0.6 is 0 Å². The minimum atomic E-state index is -0.477. The molecule has 0 unspecified atom stereocenters. The topological polar surface area (TPSA) is 76.8 Å². The summed E-state index contributed by atoms with van der Waals surface area (Å²) in [5, 5.41) is 0.756. The monoisotopic (exact) mass is 357 g/mol. The molecule has 0 spiro atoms. The van der Waals surface area contributed by atoms with E-state index in [1.165, 1.54) is 6.07 Å². The van der Waals surface area contributed by atoms with Gasteiger partial charge >= 0.3 is 11.6 Å². The molecule has 6 nitrogen and oxygen atoms in total. The van der Waals surface area contributed by atoms with Crippen molar-refractivity contribution in [3.05, 3.63) is 45.3 Å². The van der Waals surface area contributed by atoms with Crippen LogP contribution in [0.15, 0.2) is 27.4 Å². The number of hydrogen-bond donors (Lipinski definition) is 0. The minimum absolute atomic E-state index is 0.00337. The predicted molar refractivity (Wildman–Crippen MR) is 96.8 cm³/mol. The van der Waals surface area contributed by atoms with Crippen molar-refractivity contribution in [2.75, 3.05) is 13.1 Å². The molecule has 0 aliphatic carbocycles. The molecule has 1 aromatic carbocycles. The fourth-order valence-corrected chi connectivity index (χ4v) is 3.17. The zero-order valence-electron chi connectivity index (χ0n) is 15.2. The normalized spacial score (nSPS) is 15.2. The van der Waals surface area contributed by atoms with Crippen LogP contribution in [0.4, 0.5) is 0 Å². The molecule has 138 valence electrons. The number of rotatable bonds is 4. The first-order valence-electron chi connectivity index (χ1n) is 8.91. The highest BCUT2D eigenvalue weighted by Gasteiger charge is 2.20. The van der Waals surface area contributed by atoms with Crippen molar-refractivity contribution in [2.45, 2.75) is 46.1 Å². The van der Waals surface area contributed by atoms with Gasteiger partial charge in [-0.15, -0.1) is 0 Å². The molecular formula is C20H23NO5. The van der Waals surface area contributed by atoms with Crippen LogP contribution in [0.25, 0.3) is 11.0 Å². The summed E-state index contributed by atoms with van der Waals surface area (Å²) in [4.78, 5) is 37.5. The van der Waals surface area contributed by atoms with E-state index >= 15 is 0 Å². The fourth-order valence-electron chi connectivity index (χ4n) is 3.17. The van der Waals surface area contributed by atoms with Gasteiger partial charge in [-0.3, -0.25) is 9.59 Å². The number of nitrogens with zero attached hydrogens (tertiary/aromatic N) is 1. The molecule has 0 radical (unpaired) electrons. The standard InChI is InChI=1S/C20H23NO5/c1-13-8-16-15(10-19(23)26-17(16)9-14(13)2)12-25-20(24)11-21-7-5-3-4-6-18(21)22/h8-10H,3-7,11-12H2,1-2H3. The van der Waals surface area contributed by atoms with Gasteiger partial charge in [-0.05, 0) is 49.9 Å². The molecule has 0 N–H and O–H groups in total. The molecule has 3 rings (SSSR count). The first-order valence-corrected chi connectivity index (χ1v) is 8.91. The van der Waals surface area contributed by atoms with E-state index in [2.05, 4.69) is 0 Å². The van der Waals surface area contributed by atoms with Crippen molar-refractivity contribution in [1.82, 2.24) is 4.90 Å². The Balaban J connectivity index is 1.73. The summed E-state index contributed by atoms with van der Waals surface area (Å²) in [7, 11) is 0. The van der Waals surface area contributed by atoms with Crippen LogP contribution in [-0.4, -0.2) is 29.9 Å². The molecule has 1 saturated heterocycles. The third-order valence-corrected chi connectivity index (χ3v) is 4.82. The minimum Gasteiger partial charge on any atom is -0.459 e. The van der Waals surface area contributed by atoms with Gasteiger partial charge in [-0.2, -0.15) is 0 Å². The van der Waals surface area contributed by atoms with Crippen LogP contribution in [0.3, 0.4) is 0 Å².